The number of nitrogens with zero attached hydrogens (tertiary/aromatic N) is 1. The number of carbonyl (C=O) groups is 2. The van der Waals surface area contributed by atoms with Crippen LogP contribution in [0.4, 0.5) is 5.13 Å². The maximum absolute atomic E-state index is 12.0. The standard InChI is InChI=1S/C12H16N2O4S/c1-7-3-4-18-10(7)11(16)14-12-13-8(6-19-12)5-9(15)17-2/h6-7,10H,3-5H2,1-2H3,(H,13,14,16). The summed E-state index contributed by atoms with van der Waals surface area (Å²) in [6, 6.07) is 0. The number of thiazole rings is 1. The summed E-state index contributed by atoms with van der Waals surface area (Å²) in [4.78, 5) is 27.2. The zero-order chi connectivity index (χ0) is 13.8. The molecule has 1 fully saturated rings. The van der Waals surface area contributed by atoms with E-state index in [9.17, 15) is 9.59 Å². The lowest BCUT2D eigenvalue weighted by Crippen LogP contribution is -2.31. The van der Waals surface area contributed by atoms with E-state index in [0.717, 1.165) is 6.42 Å². The van der Waals surface area contributed by atoms with Crippen LogP contribution in [0.15, 0.2) is 5.38 Å². The van der Waals surface area contributed by atoms with Crippen molar-refractivity contribution in [1.29, 1.82) is 0 Å². The van der Waals surface area contributed by atoms with Gasteiger partial charge in [-0.3, -0.25) is 14.9 Å². The summed E-state index contributed by atoms with van der Waals surface area (Å²) in [5, 5.41) is 4.92. The van der Waals surface area contributed by atoms with Crippen molar-refractivity contribution in [2.45, 2.75) is 25.9 Å². The molecule has 0 aliphatic carbocycles. The fraction of sp³-hybridized carbons (Fsp3) is 0.583. The molecule has 2 atom stereocenters. The quantitative estimate of drug-likeness (QED) is 0.841. The van der Waals surface area contributed by atoms with Crippen LogP contribution in [0, 0.1) is 5.92 Å². The second kappa shape index (κ2) is 6.12. The summed E-state index contributed by atoms with van der Waals surface area (Å²) >= 11 is 1.28. The van der Waals surface area contributed by atoms with E-state index in [1.54, 1.807) is 5.38 Å². The first-order valence-corrected chi connectivity index (χ1v) is 6.92. The molecule has 1 amide bonds. The monoisotopic (exact) mass is 284 g/mol. The van der Waals surface area contributed by atoms with E-state index >= 15 is 0 Å². The number of amides is 1. The van der Waals surface area contributed by atoms with Gasteiger partial charge >= 0.3 is 5.97 Å². The van der Waals surface area contributed by atoms with Crippen molar-refractivity contribution in [2.75, 3.05) is 19.0 Å². The summed E-state index contributed by atoms with van der Waals surface area (Å²) in [5.41, 5.74) is 0.590. The highest BCUT2D eigenvalue weighted by atomic mass is 32.1. The molecule has 2 rings (SSSR count). The zero-order valence-electron chi connectivity index (χ0n) is 10.8. The molecule has 1 aliphatic rings. The van der Waals surface area contributed by atoms with E-state index in [0.29, 0.717) is 17.4 Å². The Labute approximate surface area is 115 Å². The number of anilines is 1. The van der Waals surface area contributed by atoms with Gasteiger partial charge < -0.3 is 9.47 Å². The number of aromatic nitrogens is 1. The van der Waals surface area contributed by atoms with Crippen LogP contribution >= 0.6 is 11.3 Å². The maximum atomic E-state index is 12.0. The van der Waals surface area contributed by atoms with Gasteiger partial charge in [-0.15, -0.1) is 11.3 Å². The zero-order valence-corrected chi connectivity index (χ0v) is 11.7. The van der Waals surface area contributed by atoms with E-state index in [1.807, 2.05) is 6.92 Å². The molecule has 7 heteroatoms. The van der Waals surface area contributed by atoms with Crippen LogP contribution in [0.25, 0.3) is 0 Å². The third-order valence-corrected chi connectivity index (χ3v) is 3.79. The van der Waals surface area contributed by atoms with E-state index in [4.69, 9.17) is 4.74 Å². The van der Waals surface area contributed by atoms with E-state index < -0.39 is 6.10 Å². The van der Waals surface area contributed by atoms with Crippen molar-refractivity contribution < 1.29 is 19.1 Å². The van der Waals surface area contributed by atoms with Crippen LogP contribution in [0.2, 0.25) is 0 Å². The molecule has 1 aromatic heterocycles. The van der Waals surface area contributed by atoms with Crippen LogP contribution < -0.4 is 5.32 Å². The molecule has 1 aliphatic heterocycles. The average molecular weight is 284 g/mol. The fourth-order valence-electron chi connectivity index (χ4n) is 1.87. The lowest BCUT2D eigenvalue weighted by atomic mass is 10.0. The number of hydrogen-bond acceptors (Lipinski definition) is 6. The molecule has 1 N–H and O–H groups in total. The van der Waals surface area contributed by atoms with Crippen LogP contribution in [-0.2, 0) is 25.5 Å². The van der Waals surface area contributed by atoms with Gasteiger partial charge in [0.25, 0.3) is 5.91 Å². The van der Waals surface area contributed by atoms with Crippen LogP contribution in [0.5, 0.6) is 0 Å². The number of carbonyl (C=O) groups excluding carboxylic acids is 2. The molecule has 0 saturated carbocycles. The summed E-state index contributed by atoms with van der Waals surface area (Å²) in [5.74, 6) is -0.311. The largest absolute Gasteiger partial charge is 0.469 e. The number of methoxy groups -OCH3 is 1. The van der Waals surface area contributed by atoms with Crippen molar-refractivity contribution in [3.05, 3.63) is 11.1 Å². The lowest BCUT2D eigenvalue weighted by molar-refractivity contribution is -0.139. The van der Waals surface area contributed by atoms with Gasteiger partial charge in [-0.25, -0.2) is 4.98 Å². The minimum atomic E-state index is -0.409. The summed E-state index contributed by atoms with van der Waals surface area (Å²) in [7, 11) is 1.33. The first kappa shape index (κ1) is 14.0. The predicted octanol–water partition coefficient (Wildman–Crippen LogP) is 1.22. The SMILES string of the molecule is COC(=O)Cc1csc(NC(=O)C2OCCC2C)n1. The topological polar surface area (TPSA) is 77.5 Å². The van der Waals surface area contributed by atoms with Crippen molar-refractivity contribution in [3.63, 3.8) is 0 Å². The Hall–Kier alpha value is -1.47. The first-order valence-electron chi connectivity index (χ1n) is 6.04. The highest BCUT2D eigenvalue weighted by molar-refractivity contribution is 7.13. The molecular weight excluding hydrogens is 268 g/mol. The first-order chi connectivity index (χ1) is 9.10. The van der Waals surface area contributed by atoms with Crippen molar-refractivity contribution in [2.24, 2.45) is 5.92 Å². The molecular formula is C12H16N2O4S. The molecule has 2 heterocycles. The highest BCUT2D eigenvalue weighted by Gasteiger charge is 2.31. The molecule has 2 unspecified atom stereocenters. The molecule has 0 bridgehead atoms. The smallest absolute Gasteiger partial charge is 0.311 e. The normalized spacial score (nSPS) is 22.2. The Morgan fingerprint density at radius 2 is 2.42 bits per heavy atom. The number of esters is 1. The number of nitrogens with one attached hydrogen (secondary N) is 1. The molecule has 0 spiro atoms. The Morgan fingerprint density at radius 1 is 1.63 bits per heavy atom. The molecule has 0 aromatic carbocycles. The molecule has 104 valence electrons. The minimum Gasteiger partial charge on any atom is -0.469 e. The van der Waals surface area contributed by atoms with E-state index in [1.165, 1.54) is 18.4 Å². The maximum Gasteiger partial charge on any atom is 0.311 e. The Morgan fingerprint density at radius 3 is 3.05 bits per heavy atom. The molecule has 1 aromatic rings. The number of rotatable bonds is 4. The third-order valence-electron chi connectivity index (χ3n) is 2.98. The van der Waals surface area contributed by atoms with Crippen LogP contribution in [0.1, 0.15) is 19.0 Å². The van der Waals surface area contributed by atoms with Crippen molar-refractivity contribution >= 4 is 28.3 Å². The van der Waals surface area contributed by atoms with E-state index in [-0.39, 0.29) is 24.2 Å². The number of hydrogen-bond donors (Lipinski definition) is 1. The van der Waals surface area contributed by atoms with Crippen molar-refractivity contribution in [3.8, 4) is 0 Å². The third kappa shape index (κ3) is 3.51. The van der Waals surface area contributed by atoms with Gasteiger partial charge in [0.05, 0.1) is 19.2 Å². The number of ether oxygens (including phenoxy) is 2. The van der Waals surface area contributed by atoms with Crippen LogP contribution in [0.3, 0.4) is 0 Å². The second-order valence-electron chi connectivity index (χ2n) is 4.44. The summed E-state index contributed by atoms with van der Waals surface area (Å²) in [6.45, 7) is 2.60. The predicted molar refractivity (Wildman–Crippen MR) is 70.0 cm³/mol. The van der Waals surface area contributed by atoms with Gasteiger partial charge in [-0.1, -0.05) is 6.92 Å². The molecule has 6 nitrogen and oxygen atoms in total. The summed E-state index contributed by atoms with van der Waals surface area (Å²) in [6.07, 6.45) is 0.593. The van der Waals surface area contributed by atoms with Gasteiger partial charge in [-0.2, -0.15) is 0 Å². The Bertz CT molecular complexity index is 474. The average Bonchev–Trinajstić information content (AvgIpc) is 2.98. The van der Waals surface area contributed by atoms with Gasteiger partial charge in [0, 0.05) is 12.0 Å². The fourth-order valence-corrected chi connectivity index (χ4v) is 2.59. The lowest BCUT2D eigenvalue weighted by Gasteiger charge is -2.12. The second-order valence-corrected chi connectivity index (χ2v) is 5.30. The van der Waals surface area contributed by atoms with Crippen LogP contribution in [-0.4, -0.2) is 36.7 Å². The van der Waals surface area contributed by atoms with Gasteiger partial charge in [0.15, 0.2) is 5.13 Å². The molecule has 0 radical (unpaired) electrons. The highest BCUT2D eigenvalue weighted by Crippen LogP contribution is 2.23. The Kier molecular flexibility index (Phi) is 4.49. The van der Waals surface area contributed by atoms with Gasteiger partial charge in [-0.05, 0) is 12.3 Å². The van der Waals surface area contributed by atoms with Gasteiger partial charge in [0.2, 0.25) is 0 Å². The minimum absolute atomic E-state index is 0.110. The molecule has 19 heavy (non-hydrogen) atoms. The Balaban J connectivity index is 1.92. The molecule has 1 saturated heterocycles. The van der Waals surface area contributed by atoms with Crippen molar-refractivity contribution in [1.82, 2.24) is 4.98 Å². The van der Waals surface area contributed by atoms with Gasteiger partial charge in [0.1, 0.15) is 6.10 Å². The summed E-state index contributed by atoms with van der Waals surface area (Å²) < 4.78 is 9.94. The van der Waals surface area contributed by atoms with E-state index in [2.05, 4.69) is 15.0 Å².